The first-order valence-corrected chi connectivity index (χ1v) is 12.2. The Morgan fingerprint density at radius 2 is 1.89 bits per heavy atom. The number of carbonyl (C=O) groups excluding carboxylic acids is 1. The summed E-state index contributed by atoms with van der Waals surface area (Å²) >= 11 is 0. The summed E-state index contributed by atoms with van der Waals surface area (Å²) in [5, 5.41) is 2.87. The zero-order chi connectivity index (χ0) is 24.9. The van der Waals surface area contributed by atoms with E-state index in [-0.39, 0.29) is 12.3 Å². The van der Waals surface area contributed by atoms with Crippen molar-refractivity contribution in [2.45, 2.75) is 19.8 Å². The first-order chi connectivity index (χ1) is 17.1. The number of likely N-dealkylation sites (N-methyl/N-ethyl adjacent to an activating group) is 1. The van der Waals surface area contributed by atoms with Crippen LogP contribution < -0.4 is 10.1 Å². The van der Waals surface area contributed by atoms with Gasteiger partial charge in [-0.25, -0.2) is 4.39 Å². The Balaban J connectivity index is 1.44. The lowest BCUT2D eigenvalue weighted by Gasteiger charge is -2.32. The predicted octanol–water partition coefficient (Wildman–Crippen LogP) is 3.34. The van der Waals surface area contributed by atoms with Crippen LogP contribution >= 0.6 is 0 Å². The van der Waals surface area contributed by atoms with E-state index in [9.17, 15) is 9.18 Å². The van der Waals surface area contributed by atoms with Crippen molar-refractivity contribution in [3.05, 3.63) is 59.9 Å². The molecule has 186 valence electrons. The minimum Gasteiger partial charge on any atom is -0.492 e. The molecule has 3 rings (SSSR count). The number of rotatable bonds is 10. The van der Waals surface area contributed by atoms with Crippen molar-refractivity contribution in [2.75, 3.05) is 59.6 Å². The number of halogens is 1. The SMILES string of the molecule is CC/C(=C\C#CCF)CNC(=O)Cc1ccc(-c2ccc(OCCN3CCN(C)CC3)cc2)cn1. The van der Waals surface area contributed by atoms with Gasteiger partial charge in [0, 0.05) is 56.7 Å². The van der Waals surface area contributed by atoms with Crippen LogP contribution in [0.2, 0.25) is 0 Å². The maximum absolute atomic E-state index is 12.3. The van der Waals surface area contributed by atoms with E-state index in [0.717, 1.165) is 61.6 Å². The summed E-state index contributed by atoms with van der Waals surface area (Å²) in [4.78, 5) is 21.5. The second-order valence-corrected chi connectivity index (χ2v) is 8.62. The van der Waals surface area contributed by atoms with Gasteiger partial charge in [0.1, 0.15) is 12.4 Å². The molecule has 1 fully saturated rings. The van der Waals surface area contributed by atoms with Gasteiger partial charge in [0.15, 0.2) is 6.67 Å². The quantitative estimate of drug-likeness (QED) is 0.531. The first-order valence-electron chi connectivity index (χ1n) is 12.2. The molecule has 0 aliphatic carbocycles. The largest absolute Gasteiger partial charge is 0.492 e. The minimum absolute atomic E-state index is 0.110. The predicted molar refractivity (Wildman–Crippen MR) is 138 cm³/mol. The second-order valence-electron chi connectivity index (χ2n) is 8.62. The molecule has 0 atom stereocenters. The Kier molecular flexibility index (Phi) is 10.7. The summed E-state index contributed by atoms with van der Waals surface area (Å²) in [5.41, 5.74) is 3.69. The summed E-state index contributed by atoms with van der Waals surface area (Å²) in [6.07, 6.45) is 4.40. The van der Waals surface area contributed by atoms with Gasteiger partial charge in [-0.3, -0.25) is 14.7 Å². The number of nitrogens with zero attached hydrogens (tertiary/aromatic N) is 3. The molecule has 0 radical (unpaired) electrons. The van der Waals surface area contributed by atoms with Crippen LogP contribution in [0.1, 0.15) is 19.0 Å². The average molecular weight is 479 g/mol. The van der Waals surface area contributed by atoms with Gasteiger partial charge >= 0.3 is 0 Å². The van der Waals surface area contributed by atoms with Gasteiger partial charge < -0.3 is 15.0 Å². The Morgan fingerprint density at radius 3 is 2.54 bits per heavy atom. The zero-order valence-corrected chi connectivity index (χ0v) is 20.7. The highest BCUT2D eigenvalue weighted by Gasteiger charge is 2.13. The van der Waals surface area contributed by atoms with Crippen LogP contribution in [0, 0.1) is 11.8 Å². The smallest absolute Gasteiger partial charge is 0.226 e. The van der Waals surface area contributed by atoms with E-state index in [0.29, 0.717) is 18.8 Å². The van der Waals surface area contributed by atoms with Gasteiger partial charge in [-0.2, -0.15) is 0 Å². The van der Waals surface area contributed by atoms with Crippen LogP contribution in [-0.2, 0) is 11.2 Å². The Morgan fingerprint density at radius 1 is 1.14 bits per heavy atom. The van der Waals surface area contributed by atoms with E-state index >= 15 is 0 Å². The van der Waals surface area contributed by atoms with Crippen molar-refractivity contribution in [3.63, 3.8) is 0 Å². The fraction of sp³-hybridized carbons (Fsp3) is 0.429. The van der Waals surface area contributed by atoms with Gasteiger partial charge in [0.05, 0.1) is 6.42 Å². The number of amides is 1. The highest BCUT2D eigenvalue weighted by molar-refractivity contribution is 5.78. The summed E-state index contributed by atoms with van der Waals surface area (Å²) in [7, 11) is 2.16. The number of ether oxygens (including phenoxy) is 1. The summed E-state index contributed by atoms with van der Waals surface area (Å²) in [6, 6.07) is 11.9. The normalized spacial score (nSPS) is 14.8. The van der Waals surface area contributed by atoms with Crippen molar-refractivity contribution in [2.24, 2.45) is 0 Å². The molecular formula is C28H35FN4O2. The van der Waals surface area contributed by atoms with Gasteiger partial charge in [0.25, 0.3) is 0 Å². The molecule has 1 amide bonds. The topological polar surface area (TPSA) is 57.7 Å². The molecule has 1 N–H and O–H groups in total. The first kappa shape index (κ1) is 26.4. The van der Waals surface area contributed by atoms with Crippen molar-refractivity contribution in [1.29, 1.82) is 0 Å². The molecule has 1 aliphatic heterocycles. The number of piperazine rings is 1. The van der Waals surface area contributed by atoms with Crippen molar-refractivity contribution >= 4 is 5.91 Å². The molecule has 1 aliphatic rings. The van der Waals surface area contributed by atoms with Crippen LogP contribution in [0.3, 0.4) is 0 Å². The van der Waals surface area contributed by atoms with Gasteiger partial charge in [-0.05, 0) is 48.9 Å². The Hall–Kier alpha value is -3.21. The van der Waals surface area contributed by atoms with Crippen molar-refractivity contribution < 1.29 is 13.9 Å². The zero-order valence-electron chi connectivity index (χ0n) is 20.7. The van der Waals surface area contributed by atoms with E-state index in [1.54, 1.807) is 12.3 Å². The Bertz CT molecular complexity index is 1020. The molecule has 1 aromatic heterocycles. The molecule has 1 saturated heterocycles. The lowest BCUT2D eigenvalue weighted by molar-refractivity contribution is -0.120. The van der Waals surface area contributed by atoms with Crippen molar-refractivity contribution in [3.8, 4) is 28.7 Å². The number of carbonyl (C=O) groups is 1. The molecule has 7 heteroatoms. The number of hydrogen-bond acceptors (Lipinski definition) is 5. The summed E-state index contributed by atoms with van der Waals surface area (Å²) in [5.74, 6) is 5.76. The standard InChI is InChI=1S/C28H35FN4O2/c1-3-23(6-4-5-13-29)21-31-28(34)20-26-10-7-25(22-30-26)24-8-11-27(12-9-24)35-19-18-33-16-14-32(2)15-17-33/h6-12,22H,3,13-21H2,1-2H3,(H,31,34)/b23-6+. The second kappa shape index (κ2) is 14.2. The number of pyridine rings is 1. The molecule has 0 unspecified atom stereocenters. The Labute approximate surface area is 208 Å². The highest BCUT2D eigenvalue weighted by Crippen LogP contribution is 2.22. The highest BCUT2D eigenvalue weighted by atomic mass is 19.1. The van der Waals surface area contributed by atoms with Crippen LogP contribution in [-0.4, -0.2) is 80.3 Å². The van der Waals surface area contributed by atoms with Gasteiger partial charge in [0.2, 0.25) is 5.91 Å². The molecule has 2 heterocycles. The van der Waals surface area contributed by atoms with Crippen LogP contribution in [0.15, 0.2) is 54.2 Å². The molecule has 2 aromatic rings. The number of hydrogen-bond donors (Lipinski definition) is 1. The number of allylic oxidation sites excluding steroid dienone is 1. The number of nitrogens with one attached hydrogen (secondary N) is 1. The van der Waals surface area contributed by atoms with E-state index in [2.05, 4.69) is 39.0 Å². The van der Waals surface area contributed by atoms with Gasteiger partial charge in [-0.1, -0.05) is 37.0 Å². The van der Waals surface area contributed by atoms with Crippen LogP contribution in [0.25, 0.3) is 11.1 Å². The molecule has 1 aromatic carbocycles. The molecule has 35 heavy (non-hydrogen) atoms. The molecular weight excluding hydrogens is 443 g/mol. The third-order valence-electron chi connectivity index (χ3n) is 6.04. The molecule has 0 spiro atoms. The summed E-state index contributed by atoms with van der Waals surface area (Å²) in [6.45, 7) is 7.74. The lowest BCUT2D eigenvalue weighted by Crippen LogP contribution is -2.45. The van der Waals surface area contributed by atoms with Gasteiger partial charge in [-0.15, -0.1) is 0 Å². The fourth-order valence-corrected chi connectivity index (χ4v) is 3.72. The minimum atomic E-state index is -0.670. The van der Waals surface area contributed by atoms with E-state index < -0.39 is 6.67 Å². The maximum atomic E-state index is 12.3. The third kappa shape index (κ3) is 9.16. The van der Waals surface area contributed by atoms with Crippen molar-refractivity contribution in [1.82, 2.24) is 20.1 Å². The van der Waals surface area contributed by atoms with Crippen LogP contribution in [0.5, 0.6) is 5.75 Å². The van der Waals surface area contributed by atoms with E-state index in [1.165, 1.54) is 0 Å². The number of aromatic nitrogens is 1. The summed E-state index contributed by atoms with van der Waals surface area (Å²) < 4.78 is 18.0. The van der Waals surface area contributed by atoms with E-state index in [1.807, 2.05) is 43.3 Å². The molecule has 0 bridgehead atoms. The monoisotopic (exact) mass is 478 g/mol. The third-order valence-corrected chi connectivity index (χ3v) is 6.04. The number of benzene rings is 1. The van der Waals surface area contributed by atoms with E-state index in [4.69, 9.17) is 4.74 Å². The molecule has 0 saturated carbocycles. The van der Waals surface area contributed by atoms with Crippen LogP contribution in [0.4, 0.5) is 4.39 Å². The number of alkyl halides is 1. The lowest BCUT2D eigenvalue weighted by atomic mass is 10.1. The maximum Gasteiger partial charge on any atom is 0.226 e. The molecule has 6 nitrogen and oxygen atoms in total. The fourth-order valence-electron chi connectivity index (χ4n) is 3.72. The average Bonchev–Trinajstić information content (AvgIpc) is 2.88.